The maximum Gasteiger partial charge on any atom is 0.331 e. The Balaban J connectivity index is 4.36. The van der Waals surface area contributed by atoms with Crippen LogP contribution in [0, 0.1) is 0 Å². The third-order valence-electron chi connectivity index (χ3n) is 4.26. The molecule has 168 valence electrons. The van der Waals surface area contributed by atoms with Crippen LogP contribution in [0.5, 0.6) is 0 Å². The molecule has 0 spiro atoms. The van der Waals surface area contributed by atoms with Gasteiger partial charge in [0.25, 0.3) is 0 Å². The Bertz CT molecular complexity index is 715. The van der Waals surface area contributed by atoms with Gasteiger partial charge in [-0.25, -0.2) is 9.59 Å². The molecule has 0 bridgehead atoms. The molecule has 0 saturated heterocycles. The molecule has 0 aromatic carbocycles. The zero-order chi connectivity index (χ0) is 23.1. The van der Waals surface area contributed by atoms with Crippen molar-refractivity contribution in [2.75, 3.05) is 11.5 Å². The Hall–Kier alpha value is -2.28. The molecule has 0 fully saturated rings. The summed E-state index contributed by atoms with van der Waals surface area (Å²) in [5.41, 5.74) is 3.83. The number of hydrogen-bond acceptors (Lipinski definition) is 4. The van der Waals surface area contributed by atoms with Crippen LogP contribution in [0.25, 0.3) is 0 Å². The van der Waals surface area contributed by atoms with Crippen molar-refractivity contribution in [1.29, 1.82) is 0 Å². The second-order valence-corrected chi connectivity index (χ2v) is 8.60. The molecule has 0 aromatic heterocycles. The van der Waals surface area contributed by atoms with Crippen LogP contribution in [0.4, 0.5) is 0 Å². The van der Waals surface area contributed by atoms with Gasteiger partial charge in [-0.15, -0.1) is 0 Å². The molecule has 1 atom stereocenters. The molecule has 1 amide bonds. The molecule has 7 heteroatoms. The molecule has 30 heavy (non-hydrogen) atoms. The predicted octanol–water partition coefficient (Wildman–Crippen LogP) is 4.74. The molecule has 0 saturated carbocycles. The van der Waals surface area contributed by atoms with Crippen LogP contribution in [0.2, 0.25) is 0 Å². The lowest BCUT2D eigenvalue weighted by atomic mass is 10.1. The first-order valence-electron chi connectivity index (χ1n) is 10.00. The number of nitrogens with one attached hydrogen (secondary N) is 1. The van der Waals surface area contributed by atoms with Crippen molar-refractivity contribution in [1.82, 2.24) is 5.32 Å². The summed E-state index contributed by atoms with van der Waals surface area (Å²) in [5.74, 6) is -2.23. The van der Waals surface area contributed by atoms with Gasteiger partial charge in [0.2, 0.25) is 5.91 Å². The third-order valence-corrected chi connectivity index (χ3v) is 5.23. The number of carboxylic acids is 2. The maximum absolute atomic E-state index is 11.7. The lowest BCUT2D eigenvalue weighted by Gasteiger charge is -2.12. The normalized spacial score (nSPS) is 13.6. The summed E-state index contributed by atoms with van der Waals surface area (Å²) in [6.07, 6.45) is 11.6. The zero-order valence-electron chi connectivity index (χ0n) is 18.7. The highest BCUT2D eigenvalue weighted by atomic mass is 32.2. The highest BCUT2D eigenvalue weighted by molar-refractivity contribution is 7.99. The fraction of sp³-hybridized carbons (Fsp3) is 0.522. The van der Waals surface area contributed by atoms with E-state index in [0.717, 1.165) is 31.8 Å². The largest absolute Gasteiger partial charge is 0.480 e. The van der Waals surface area contributed by atoms with E-state index in [0.29, 0.717) is 5.75 Å². The number of hydrogen-bond donors (Lipinski definition) is 3. The van der Waals surface area contributed by atoms with Crippen molar-refractivity contribution in [3.05, 3.63) is 46.6 Å². The molecular weight excluding hydrogens is 402 g/mol. The quantitative estimate of drug-likeness (QED) is 0.206. The van der Waals surface area contributed by atoms with Gasteiger partial charge in [0, 0.05) is 23.2 Å². The minimum absolute atomic E-state index is 0.149. The summed E-state index contributed by atoms with van der Waals surface area (Å²) in [6.45, 7) is 9.70. The van der Waals surface area contributed by atoms with Crippen LogP contribution in [-0.4, -0.2) is 45.6 Å². The fourth-order valence-electron chi connectivity index (χ4n) is 2.37. The van der Waals surface area contributed by atoms with Gasteiger partial charge in [-0.05, 0) is 60.3 Å². The van der Waals surface area contributed by atoms with Gasteiger partial charge in [0.1, 0.15) is 6.04 Å². The lowest BCUT2D eigenvalue weighted by molar-refractivity contribution is -0.140. The summed E-state index contributed by atoms with van der Waals surface area (Å²) < 4.78 is 0. The zero-order valence-corrected chi connectivity index (χ0v) is 19.5. The van der Waals surface area contributed by atoms with Crippen molar-refractivity contribution < 1.29 is 24.6 Å². The van der Waals surface area contributed by atoms with Crippen molar-refractivity contribution in [2.45, 2.75) is 66.3 Å². The van der Waals surface area contributed by atoms with Gasteiger partial charge < -0.3 is 15.5 Å². The summed E-state index contributed by atoms with van der Waals surface area (Å²) in [5, 5.41) is 20.3. The Labute approximate surface area is 184 Å². The summed E-state index contributed by atoms with van der Waals surface area (Å²) >= 11 is 1.41. The average Bonchev–Trinajstić information content (AvgIpc) is 2.63. The van der Waals surface area contributed by atoms with Crippen LogP contribution in [-0.2, 0) is 14.4 Å². The molecule has 6 nitrogen and oxygen atoms in total. The summed E-state index contributed by atoms with van der Waals surface area (Å²) in [6, 6.07) is -1.07. The van der Waals surface area contributed by atoms with Gasteiger partial charge in [0.05, 0.1) is 0 Å². The maximum atomic E-state index is 11.7. The Kier molecular flexibility index (Phi) is 14.4. The van der Waals surface area contributed by atoms with Gasteiger partial charge in [-0.3, -0.25) is 4.79 Å². The first-order chi connectivity index (χ1) is 14.0. The number of allylic oxidation sites excluding steroid dienone is 5. The molecule has 1 unspecified atom stereocenters. The molecule has 0 aromatic rings. The molecular formula is C23H35NO5S. The van der Waals surface area contributed by atoms with Crippen LogP contribution in [0.15, 0.2) is 46.6 Å². The first kappa shape index (κ1) is 27.7. The summed E-state index contributed by atoms with van der Waals surface area (Å²) in [7, 11) is 0. The van der Waals surface area contributed by atoms with E-state index < -0.39 is 23.9 Å². The third kappa shape index (κ3) is 14.7. The number of carbonyl (C=O) groups excluding carboxylic acids is 1. The van der Waals surface area contributed by atoms with E-state index in [9.17, 15) is 19.5 Å². The number of carboxylic acid groups (broad SMARTS) is 2. The van der Waals surface area contributed by atoms with E-state index in [1.54, 1.807) is 0 Å². The van der Waals surface area contributed by atoms with Crippen LogP contribution in [0.3, 0.4) is 0 Å². The molecule has 0 rings (SSSR count). The van der Waals surface area contributed by atoms with Crippen LogP contribution >= 0.6 is 11.8 Å². The Morgan fingerprint density at radius 2 is 1.47 bits per heavy atom. The number of carbonyl (C=O) groups is 3. The SMILES string of the molecule is CC(C)=CCC/C(C)=C/CC/C(C)=C/CSCC(NC(=O)/C=C(\C)C(=O)O)C(=O)O. The van der Waals surface area contributed by atoms with Gasteiger partial charge >= 0.3 is 11.9 Å². The van der Waals surface area contributed by atoms with Crippen molar-refractivity contribution in [2.24, 2.45) is 0 Å². The Morgan fingerprint density at radius 3 is 2.00 bits per heavy atom. The molecule has 3 N–H and O–H groups in total. The Morgan fingerprint density at radius 1 is 0.900 bits per heavy atom. The van der Waals surface area contributed by atoms with Gasteiger partial charge in [-0.2, -0.15) is 11.8 Å². The standard InChI is InChI=1S/C23H35NO5S/c1-16(2)8-6-9-17(3)10-7-11-18(4)12-13-30-15-20(23(28)29)24-21(25)14-19(5)22(26)27/h8,10,12,14,20H,6-7,9,11,13,15H2,1-5H3,(H,24,25)(H,26,27)(H,28,29)/b17-10+,18-12+,19-14+. The molecule has 0 aliphatic rings. The van der Waals surface area contributed by atoms with E-state index in [-0.39, 0.29) is 11.3 Å². The highest BCUT2D eigenvalue weighted by Gasteiger charge is 2.19. The van der Waals surface area contributed by atoms with E-state index in [1.807, 2.05) is 0 Å². The van der Waals surface area contributed by atoms with E-state index >= 15 is 0 Å². The number of amides is 1. The van der Waals surface area contributed by atoms with Gasteiger partial charge in [0.15, 0.2) is 0 Å². The minimum Gasteiger partial charge on any atom is -0.480 e. The van der Waals surface area contributed by atoms with Crippen LogP contribution < -0.4 is 5.32 Å². The van der Waals surface area contributed by atoms with Crippen molar-refractivity contribution >= 4 is 29.6 Å². The van der Waals surface area contributed by atoms with Gasteiger partial charge in [-0.1, -0.05) is 34.9 Å². The second kappa shape index (κ2) is 15.5. The second-order valence-electron chi connectivity index (χ2n) is 7.53. The fourth-order valence-corrected chi connectivity index (χ4v) is 3.37. The summed E-state index contributed by atoms with van der Waals surface area (Å²) in [4.78, 5) is 33.8. The molecule has 0 radical (unpaired) electrons. The van der Waals surface area contributed by atoms with Crippen molar-refractivity contribution in [3.63, 3.8) is 0 Å². The molecule has 0 aliphatic carbocycles. The average molecular weight is 438 g/mol. The van der Waals surface area contributed by atoms with Crippen molar-refractivity contribution in [3.8, 4) is 0 Å². The van der Waals surface area contributed by atoms with E-state index in [4.69, 9.17) is 5.11 Å². The first-order valence-corrected chi connectivity index (χ1v) is 11.2. The number of aliphatic carboxylic acids is 2. The lowest BCUT2D eigenvalue weighted by Crippen LogP contribution is -2.42. The minimum atomic E-state index is -1.22. The van der Waals surface area contributed by atoms with Crippen LogP contribution in [0.1, 0.15) is 60.3 Å². The topological polar surface area (TPSA) is 104 Å². The molecule has 0 aliphatic heterocycles. The van der Waals surface area contributed by atoms with E-state index in [2.05, 4.69) is 51.2 Å². The predicted molar refractivity (Wildman–Crippen MR) is 124 cm³/mol. The number of rotatable bonds is 14. The molecule has 0 heterocycles. The van der Waals surface area contributed by atoms with E-state index in [1.165, 1.54) is 35.4 Å². The smallest absolute Gasteiger partial charge is 0.331 e. The monoisotopic (exact) mass is 437 g/mol. The number of thioether (sulfide) groups is 1. The highest BCUT2D eigenvalue weighted by Crippen LogP contribution is 2.13.